The number of pyridine rings is 1. The van der Waals surface area contributed by atoms with Crippen LogP contribution in [0.5, 0.6) is 17.4 Å². The average molecular weight is 239 g/mol. The first kappa shape index (κ1) is 10.8. The Balaban J connectivity index is 2.18. The van der Waals surface area contributed by atoms with E-state index in [1.54, 1.807) is 13.3 Å². The van der Waals surface area contributed by atoms with Crippen molar-refractivity contribution in [1.29, 1.82) is 0 Å². The van der Waals surface area contributed by atoms with Gasteiger partial charge >= 0.3 is 0 Å². The molecule has 2 aromatic rings. The van der Waals surface area contributed by atoms with Crippen LogP contribution in [0.15, 0.2) is 43.1 Å². The van der Waals surface area contributed by atoms with Crippen LogP contribution < -0.4 is 9.47 Å². The van der Waals surface area contributed by atoms with Gasteiger partial charge in [0.25, 0.3) is 0 Å². The lowest BCUT2D eigenvalue weighted by Crippen LogP contribution is -1.94. The molecule has 0 saturated carbocycles. The second kappa shape index (κ2) is 4.18. The van der Waals surface area contributed by atoms with E-state index >= 15 is 0 Å². The largest absolute Gasteiger partial charge is 0.496 e. The van der Waals surface area contributed by atoms with E-state index < -0.39 is 0 Å². The van der Waals surface area contributed by atoms with E-state index in [0.29, 0.717) is 12.3 Å². The summed E-state index contributed by atoms with van der Waals surface area (Å²) in [5.74, 6) is 2.21. The van der Waals surface area contributed by atoms with E-state index in [1.165, 1.54) is 0 Å². The zero-order valence-corrected chi connectivity index (χ0v) is 10.1. The highest BCUT2D eigenvalue weighted by Crippen LogP contribution is 2.40. The fourth-order valence-corrected chi connectivity index (χ4v) is 2.16. The van der Waals surface area contributed by atoms with Crippen molar-refractivity contribution in [2.75, 3.05) is 7.11 Å². The molecule has 90 valence electrons. The van der Waals surface area contributed by atoms with Crippen molar-refractivity contribution in [3.8, 4) is 17.4 Å². The predicted octanol–water partition coefficient (Wildman–Crippen LogP) is 3.45. The van der Waals surface area contributed by atoms with E-state index in [0.717, 1.165) is 28.2 Å². The molecular formula is C15H13NO2. The van der Waals surface area contributed by atoms with Crippen molar-refractivity contribution in [3.05, 3.63) is 54.2 Å². The van der Waals surface area contributed by atoms with E-state index in [-0.39, 0.29) is 0 Å². The Morgan fingerprint density at radius 1 is 1.28 bits per heavy atom. The van der Waals surface area contributed by atoms with Gasteiger partial charge in [-0.2, -0.15) is 0 Å². The van der Waals surface area contributed by atoms with Crippen molar-refractivity contribution in [3.63, 3.8) is 0 Å². The number of aromatic nitrogens is 1. The third kappa shape index (κ3) is 1.64. The maximum absolute atomic E-state index is 5.86. The van der Waals surface area contributed by atoms with Crippen molar-refractivity contribution in [1.82, 2.24) is 4.98 Å². The Morgan fingerprint density at radius 3 is 3.00 bits per heavy atom. The second-order valence-electron chi connectivity index (χ2n) is 4.18. The maximum Gasteiger partial charge on any atom is 0.226 e. The molecule has 0 radical (unpaired) electrons. The highest BCUT2D eigenvalue weighted by Gasteiger charge is 2.20. The van der Waals surface area contributed by atoms with Gasteiger partial charge in [-0.15, -0.1) is 0 Å². The molecule has 3 heteroatoms. The van der Waals surface area contributed by atoms with E-state index in [4.69, 9.17) is 9.47 Å². The number of hydrogen-bond acceptors (Lipinski definition) is 3. The molecule has 0 unspecified atom stereocenters. The van der Waals surface area contributed by atoms with E-state index in [9.17, 15) is 0 Å². The summed E-state index contributed by atoms with van der Waals surface area (Å²) in [6.45, 7) is 4.11. The minimum absolute atomic E-state index is 0.606. The van der Waals surface area contributed by atoms with Crippen molar-refractivity contribution < 1.29 is 9.47 Å². The average Bonchev–Trinajstić information content (AvgIpc) is 2.54. The van der Waals surface area contributed by atoms with Crippen molar-refractivity contribution >= 4 is 5.57 Å². The smallest absolute Gasteiger partial charge is 0.226 e. The number of ether oxygens (including phenoxy) is 2. The summed E-state index contributed by atoms with van der Waals surface area (Å²) in [5, 5.41) is 0. The van der Waals surface area contributed by atoms with Gasteiger partial charge < -0.3 is 9.47 Å². The van der Waals surface area contributed by atoms with Crippen LogP contribution in [0.2, 0.25) is 0 Å². The first-order valence-corrected chi connectivity index (χ1v) is 5.76. The lowest BCUT2D eigenvalue weighted by molar-refractivity contribution is 0.402. The first-order chi connectivity index (χ1) is 8.79. The molecule has 2 heterocycles. The SMILES string of the molecule is C=C1Cc2c(OC)cccc2Oc2ncccc21. The zero-order valence-electron chi connectivity index (χ0n) is 10.1. The quantitative estimate of drug-likeness (QED) is 0.763. The fraction of sp³-hybridized carbons (Fsp3) is 0.133. The van der Waals surface area contributed by atoms with Crippen LogP contribution in [0.25, 0.3) is 5.57 Å². The molecule has 1 aliphatic heterocycles. The molecule has 1 aliphatic rings. The lowest BCUT2D eigenvalue weighted by atomic mass is 10.0. The number of allylic oxidation sites excluding steroid dienone is 1. The number of rotatable bonds is 1. The van der Waals surface area contributed by atoms with Gasteiger partial charge in [0, 0.05) is 23.7 Å². The van der Waals surface area contributed by atoms with Crippen LogP contribution >= 0.6 is 0 Å². The Bertz CT molecular complexity index is 620. The number of fused-ring (bicyclic) bond motifs is 2. The Kier molecular flexibility index (Phi) is 2.52. The van der Waals surface area contributed by atoms with Gasteiger partial charge in [-0.1, -0.05) is 12.6 Å². The van der Waals surface area contributed by atoms with Crippen molar-refractivity contribution in [2.45, 2.75) is 6.42 Å². The monoisotopic (exact) mass is 239 g/mol. The third-order valence-electron chi connectivity index (χ3n) is 3.06. The van der Waals surface area contributed by atoms with Crippen LogP contribution in [0.3, 0.4) is 0 Å². The first-order valence-electron chi connectivity index (χ1n) is 5.76. The van der Waals surface area contributed by atoms with Crippen LogP contribution in [-0.2, 0) is 6.42 Å². The van der Waals surface area contributed by atoms with Crippen LogP contribution in [-0.4, -0.2) is 12.1 Å². The third-order valence-corrected chi connectivity index (χ3v) is 3.06. The fourth-order valence-electron chi connectivity index (χ4n) is 2.16. The summed E-state index contributed by atoms with van der Waals surface area (Å²) >= 11 is 0. The molecule has 0 N–H and O–H groups in total. The molecule has 3 nitrogen and oxygen atoms in total. The van der Waals surface area contributed by atoms with Gasteiger partial charge in [-0.25, -0.2) is 4.98 Å². The highest BCUT2D eigenvalue weighted by atomic mass is 16.5. The summed E-state index contributed by atoms with van der Waals surface area (Å²) in [6, 6.07) is 9.63. The molecule has 18 heavy (non-hydrogen) atoms. The second-order valence-corrected chi connectivity index (χ2v) is 4.18. The molecule has 0 aliphatic carbocycles. The van der Waals surface area contributed by atoms with E-state index in [2.05, 4.69) is 11.6 Å². The Morgan fingerprint density at radius 2 is 2.17 bits per heavy atom. The predicted molar refractivity (Wildman–Crippen MR) is 70.0 cm³/mol. The zero-order chi connectivity index (χ0) is 12.5. The number of nitrogens with zero attached hydrogens (tertiary/aromatic N) is 1. The normalized spacial score (nSPS) is 13.1. The van der Waals surface area contributed by atoms with Crippen LogP contribution in [0, 0.1) is 0 Å². The molecule has 0 bridgehead atoms. The molecule has 0 amide bonds. The summed E-state index contributed by atoms with van der Waals surface area (Å²) in [4.78, 5) is 4.26. The maximum atomic E-state index is 5.86. The molecule has 0 fully saturated rings. The topological polar surface area (TPSA) is 31.4 Å². The van der Waals surface area contributed by atoms with E-state index in [1.807, 2.05) is 30.3 Å². The van der Waals surface area contributed by atoms with Gasteiger partial charge in [-0.05, 0) is 29.8 Å². The van der Waals surface area contributed by atoms with Gasteiger partial charge in [0.05, 0.1) is 7.11 Å². The summed E-state index contributed by atoms with van der Waals surface area (Å²) < 4.78 is 11.2. The van der Waals surface area contributed by atoms with Crippen molar-refractivity contribution in [2.24, 2.45) is 0 Å². The summed E-state index contributed by atoms with van der Waals surface area (Å²) in [7, 11) is 1.66. The Hall–Kier alpha value is -2.29. The van der Waals surface area contributed by atoms with Crippen LogP contribution in [0.4, 0.5) is 0 Å². The molecule has 1 aromatic heterocycles. The highest BCUT2D eigenvalue weighted by molar-refractivity contribution is 5.73. The minimum Gasteiger partial charge on any atom is -0.496 e. The summed E-state index contributed by atoms with van der Waals surface area (Å²) in [6.07, 6.45) is 2.43. The molecule has 1 aromatic carbocycles. The molecular weight excluding hydrogens is 226 g/mol. The molecule has 0 saturated heterocycles. The van der Waals surface area contributed by atoms with Gasteiger partial charge in [0.15, 0.2) is 0 Å². The van der Waals surface area contributed by atoms with Crippen LogP contribution in [0.1, 0.15) is 11.1 Å². The number of methoxy groups -OCH3 is 1. The number of hydrogen-bond donors (Lipinski definition) is 0. The minimum atomic E-state index is 0.606. The lowest BCUT2D eigenvalue weighted by Gasteiger charge is -2.10. The van der Waals surface area contributed by atoms with Gasteiger partial charge in [0.2, 0.25) is 5.88 Å². The summed E-state index contributed by atoms with van der Waals surface area (Å²) in [5.41, 5.74) is 2.96. The molecule has 3 rings (SSSR count). The van der Waals surface area contributed by atoms with Gasteiger partial charge in [-0.3, -0.25) is 0 Å². The Labute approximate surface area is 106 Å². The van der Waals surface area contributed by atoms with Gasteiger partial charge in [0.1, 0.15) is 11.5 Å². The number of benzene rings is 1. The standard InChI is InChI=1S/C15H13NO2/c1-10-9-12-13(17-2)6-3-7-14(12)18-15-11(10)5-4-8-16-15/h3-8H,1,9H2,2H3. The molecule has 0 spiro atoms. The molecule has 0 atom stereocenters.